The average Bonchev–Trinajstić information content (AvgIpc) is 2.85. The van der Waals surface area contributed by atoms with Gasteiger partial charge in [0.05, 0.1) is 0 Å². The van der Waals surface area contributed by atoms with E-state index in [9.17, 15) is 9.59 Å². The summed E-state index contributed by atoms with van der Waals surface area (Å²) >= 11 is 0. The fraction of sp³-hybridized carbons (Fsp3) is 0.545. The maximum absolute atomic E-state index is 11.3. The first kappa shape index (κ1) is 14.2. The van der Waals surface area contributed by atoms with Crippen molar-refractivity contribution in [1.29, 1.82) is 0 Å². The molecule has 0 spiro atoms. The number of hydrogen-bond acceptors (Lipinski definition) is 4. The topological polar surface area (TPSA) is 102 Å². The lowest BCUT2D eigenvalue weighted by molar-refractivity contribution is -0.121. The Bertz CT molecular complexity index is 402. The maximum atomic E-state index is 11.3. The van der Waals surface area contributed by atoms with Crippen LogP contribution in [0.25, 0.3) is 0 Å². The van der Waals surface area contributed by atoms with Crippen LogP contribution in [0.4, 0.5) is 0 Å². The molecular weight excluding hydrogens is 234 g/mol. The minimum absolute atomic E-state index is 0.143. The minimum atomic E-state index is -0.187. The van der Waals surface area contributed by atoms with Crippen molar-refractivity contribution in [2.45, 2.75) is 32.2 Å². The summed E-state index contributed by atoms with van der Waals surface area (Å²) in [5.74, 6) is 4.64. The van der Waals surface area contributed by atoms with E-state index in [-0.39, 0.29) is 11.8 Å². The maximum Gasteiger partial charge on any atom is 0.271 e. The molecule has 4 N–H and O–H groups in total. The van der Waals surface area contributed by atoms with E-state index >= 15 is 0 Å². The monoisotopic (exact) mass is 253 g/mol. The summed E-state index contributed by atoms with van der Waals surface area (Å²) in [6.07, 6.45) is 4.85. The Morgan fingerprint density at radius 1 is 1.39 bits per heavy atom. The minimum Gasteiger partial charge on any atom is -0.354 e. The van der Waals surface area contributed by atoms with Gasteiger partial charge in [0.1, 0.15) is 5.69 Å². The molecule has 0 atom stereocenters. The van der Waals surface area contributed by atoms with Crippen molar-refractivity contribution in [2.24, 2.45) is 5.84 Å². The number of amides is 2. The number of hydrogen-bond donors (Lipinski definition) is 3. The van der Waals surface area contributed by atoms with Crippen molar-refractivity contribution in [3.8, 4) is 0 Å². The van der Waals surface area contributed by atoms with Crippen LogP contribution in [0, 0.1) is 0 Å². The molecule has 1 rings (SSSR count). The van der Waals surface area contributed by atoms with Gasteiger partial charge in [-0.1, -0.05) is 6.42 Å². The van der Waals surface area contributed by atoms with Gasteiger partial charge in [-0.2, -0.15) is 5.10 Å². The molecular formula is C11H19N5O2. The summed E-state index contributed by atoms with van der Waals surface area (Å²) in [4.78, 5) is 22.1. The molecule has 1 aromatic heterocycles. The molecule has 0 unspecified atom stereocenters. The van der Waals surface area contributed by atoms with Crippen LogP contribution in [0.2, 0.25) is 0 Å². The highest BCUT2D eigenvalue weighted by molar-refractivity contribution is 5.91. The van der Waals surface area contributed by atoms with E-state index in [1.54, 1.807) is 24.0 Å². The zero-order valence-electron chi connectivity index (χ0n) is 10.5. The Morgan fingerprint density at radius 3 is 2.83 bits per heavy atom. The van der Waals surface area contributed by atoms with Gasteiger partial charge in [0.2, 0.25) is 5.91 Å². The van der Waals surface area contributed by atoms with Gasteiger partial charge < -0.3 is 5.32 Å². The van der Waals surface area contributed by atoms with Crippen molar-refractivity contribution in [2.75, 3.05) is 7.05 Å². The summed E-state index contributed by atoms with van der Waals surface area (Å²) in [7, 11) is 1.57. The van der Waals surface area contributed by atoms with Gasteiger partial charge in [-0.3, -0.25) is 19.7 Å². The molecule has 100 valence electrons. The first-order valence-electron chi connectivity index (χ1n) is 5.92. The Hall–Kier alpha value is -1.89. The zero-order valence-corrected chi connectivity index (χ0v) is 10.5. The third-order valence-electron chi connectivity index (χ3n) is 2.55. The highest BCUT2D eigenvalue weighted by Crippen LogP contribution is 2.03. The van der Waals surface area contributed by atoms with Crippen LogP contribution in [0.3, 0.4) is 0 Å². The highest BCUT2D eigenvalue weighted by Gasteiger charge is 2.06. The Balaban J connectivity index is 2.21. The number of aromatic nitrogens is 2. The van der Waals surface area contributed by atoms with E-state index in [1.165, 1.54) is 0 Å². The van der Waals surface area contributed by atoms with Crippen LogP contribution in [-0.2, 0) is 11.3 Å². The number of hydrazine groups is 1. The number of carbonyl (C=O) groups excluding carboxylic acids is 2. The van der Waals surface area contributed by atoms with Gasteiger partial charge in [-0.25, -0.2) is 5.84 Å². The Labute approximate surface area is 106 Å². The number of nitrogens with two attached hydrogens (primary N) is 1. The van der Waals surface area contributed by atoms with Gasteiger partial charge in [0.15, 0.2) is 0 Å². The van der Waals surface area contributed by atoms with Gasteiger partial charge in [-0.05, 0) is 18.9 Å². The summed E-state index contributed by atoms with van der Waals surface area (Å²) in [6, 6.07) is 1.68. The van der Waals surface area contributed by atoms with E-state index in [0.29, 0.717) is 12.1 Å². The second kappa shape index (κ2) is 7.44. The number of rotatable bonds is 7. The Morgan fingerprint density at radius 2 is 2.17 bits per heavy atom. The predicted molar refractivity (Wildman–Crippen MR) is 66.4 cm³/mol. The second-order valence-corrected chi connectivity index (χ2v) is 3.92. The third kappa shape index (κ3) is 4.54. The third-order valence-corrected chi connectivity index (χ3v) is 2.55. The highest BCUT2D eigenvalue weighted by atomic mass is 16.2. The summed E-state index contributed by atoms with van der Waals surface area (Å²) < 4.78 is 1.73. The lowest BCUT2D eigenvalue weighted by atomic mass is 10.2. The van der Waals surface area contributed by atoms with E-state index in [4.69, 9.17) is 5.84 Å². The molecule has 0 aromatic carbocycles. The van der Waals surface area contributed by atoms with Crippen molar-refractivity contribution in [3.05, 3.63) is 18.0 Å². The molecule has 18 heavy (non-hydrogen) atoms. The fourth-order valence-corrected chi connectivity index (χ4v) is 1.54. The van der Waals surface area contributed by atoms with Crippen molar-refractivity contribution in [1.82, 2.24) is 20.5 Å². The number of nitrogens with one attached hydrogen (secondary N) is 2. The molecule has 0 aliphatic heterocycles. The summed E-state index contributed by atoms with van der Waals surface area (Å²) in [6.45, 7) is 0.737. The summed E-state index contributed by atoms with van der Waals surface area (Å²) in [5.41, 5.74) is 2.51. The average molecular weight is 253 g/mol. The molecule has 0 saturated heterocycles. The zero-order chi connectivity index (χ0) is 13.4. The molecule has 7 nitrogen and oxygen atoms in total. The van der Waals surface area contributed by atoms with Crippen LogP contribution >= 0.6 is 0 Å². The fourth-order valence-electron chi connectivity index (χ4n) is 1.54. The lowest BCUT2D eigenvalue weighted by Crippen LogP contribution is -2.29. The van der Waals surface area contributed by atoms with E-state index < -0.39 is 0 Å². The van der Waals surface area contributed by atoms with Crippen LogP contribution in [0.5, 0.6) is 0 Å². The van der Waals surface area contributed by atoms with Crippen LogP contribution in [-0.4, -0.2) is 28.6 Å². The van der Waals surface area contributed by atoms with Crippen LogP contribution < -0.4 is 16.6 Å². The van der Waals surface area contributed by atoms with Gasteiger partial charge in [0, 0.05) is 26.2 Å². The normalized spacial score (nSPS) is 10.1. The predicted octanol–water partition coefficient (Wildman–Crippen LogP) is -0.207. The van der Waals surface area contributed by atoms with Gasteiger partial charge in [0.25, 0.3) is 5.91 Å². The van der Waals surface area contributed by atoms with Gasteiger partial charge in [-0.15, -0.1) is 0 Å². The number of nitrogens with zero attached hydrogens (tertiary/aromatic N) is 2. The Kier molecular flexibility index (Phi) is 5.86. The smallest absolute Gasteiger partial charge is 0.271 e. The van der Waals surface area contributed by atoms with E-state index in [0.717, 1.165) is 25.8 Å². The first-order chi connectivity index (χ1) is 8.67. The SMILES string of the molecule is CNC(=O)c1ccn(CCCCCC(=O)NN)n1. The molecule has 7 heteroatoms. The molecule has 0 fully saturated rings. The second-order valence-electron chi connectivity index (χ2n) is 3.92. The summed E-state index contributed by atoms with van der Waals surface area (Å²) in [5, 5.41) is 6.65. The lowest BCUT2D eigenvalue weighted by Gasteiger charge is -2.02. The number of aryl methyl sites for hydroxylation is 1. The largest absolute Gasteiger partial charge is 0.354 e. The quantitative estimate of drug-likeness (QED) is 0.271. The number of carbonyl (C=O) groups is 2. The molecule has 0 bridgehead atoms. The van der Waals surface area contributed by atoms with E-state index in [1.807, 2.05) is 0 Å². The van der Waals surface area contributed by atoms with Crippen molar-refractivity contribution < 1.29 is 9.59 Å². The van der Waals surface area contributed by atoms with E-state index in [2.05, 4.69) is 15.8 Å². The van der Waals surface area contributed by atoms with Crippen LogP contribution in [0.1, 0.15) is 36.2 Å². The number of unbranched alkanes of at least 4 members (excludes halogenated alkanes) is 2. The molecule has 0 radical (unpaired) electrons. The molecule has 2 amide bonds. The molecule has 1 heterocycles. The van der Waals surface area contributed by atoms with Crippen molar-refractivity contribution in [3.63, 3.8) is 0 Å². The van der Waals surface area contributed by atoms with Crippen molar-refractivity contribution >= 4 is 11.8 Å². The van der Waals surface area contributed by atoms with Gasteiger partial charge >= 0.3 is 0 Å². The standard InChI is InChI=1S/C11H19N5O2/c1-13-11(18)9-6-8-16(15-9)7-4-2-3-5-10(17)14-12/h6,8H,2-5,7,12H2,1H3,(H,13,18)(H,14,17). The molecule has 0 aliphatic rings. The molecule has 0 aliphatic carbocycles. The molecule has 1 aromatic rings. The van der Waals surface area contributed by atoms with Crippen LogP contribution in [0.15, 0.2) is 12.3 Å². The first-order valence-corrected chi connectivity index (χ1v) is 5.92. The molecule has 0 saturated carbocycles.